The summed E-state index contributed by atoms with van der Waals surface area (Å²) in [5.74, 6) is -0.432. The number of imidazole rings is 1. The molecule has 2 heterocycles. The molecule has 0 atom stereocenters. The predicted octanol–water partition coefficient (Wildman–Crippen LogP) is 4.47. The minimum absolute atomic E-state index is 0.0217. The van der Waals surface area contributed by atoms with Gasteiger partial charge in [0.05, 0.1) is 18.5 Å². The highest BCUT2D eigenvalue weighted by molar-refractivity contribution is 5.94. The lowest BCUT2D eigenvalue weighted by Crippen LogP contribution is -2.20. The number of hydrogen-bond acceptors (Lipinski definition) is 4. The van der Waals surface area contributed by atoms with Crippen LogP contribution in [0.3, 0.4) is 0 Å². The molecule has 0 aliphatic carbocycles. The van der Waals surface area contributed by atoms with Crippen LogP contribution in [0.5, 0.6) is 11.5 Å². The van der Waals surface area contributed by atoms with E-state index in [1.54, 1.807) is 24.3 Å². The molecule has 6 nitrogen and oxygen atoms in total. The van der Waals surface area contributed by atoms with Crippen molar-refractivity contribution in [3.63, 3.8) is 0 Å². The van der Waals surface area contributed by atoms with Crippen LogP contribution >= 0.6 is 0 Å². The Kier molecular flexibility index (Phi) is 5.34. The number of fused-ring (bicyclic) bond motifs is 1. The number of anilines is 1. The van der Waals surface area contributed by atoms with Crippen molar-refractivity contribution in [2.45, 2.75) is 6.92 Å². The quantitative estimate of drug-likeness (QED) is 0.514. The summed E-state index contributed by atoms with van der Waals surface area (Å²) in [4.78, 5) is 17.1. The fraction of sp³-hybridized carbons (Fsp3) is 0.130. The van der Waals surface area contributed by atoms with Crippen molar-refractivity contribution in [3.8, 4) is 22.8 Å². The lowest BCUT2D eigenvalue weighted by Gasteiger charge is -2.12. The number of rotatable bonds is 6. The van der Waals surface area contributed by atoms with Gasteiger partial charge in [-0.1, -0.05) is 18.2 Å². The van der Waals surface area contributed by atoms with Crippen molar-refractivity contribution in [2.75, 3.05) is 19.0 Å². The van der Waals surface area contributed by atoms with Crippen LogP contribution in [0.1, 0.15) is 5.56 Å². The lowest BCUT2D eigenvalue weighted by atomic mass is 10.1. The fourth-order valence-electron chi connectivity index (χ4n) is 3.15. The number of amides is 1. The van der Waals surface area contributed by atoms with E-state index in [0.29, 0.717) is 11.4 Å². The van der Waals surface area contributed by atoms with Gasteiger partial charge >= 0.3 is 0 Å². The number of aromatic nitrogens is 2. The maximum atomic E-state index is 13.7. The molecular formula is C23H20FN3O3. The number of halogens is 1. The lowest BCUT2D eigenvalue weighted by molar-refractivity contribution is -0.118. The molecule has 0 bridgehead atoms. The highest BCUT2D eigenvalue weighted by atomic mass is 19.1. The first-order valence-corrected chi connectivity index (χ1v) is 9.35. The van der Waals surface area contributed by atoms with Crippen molar-refractivity contribution in [1.29, 1.82) is 0 Å². The molecule has 0 aliphatic heterocycles. The maximum Gasteiger partial charge on any atom is 0.262 e. The molecule has 7 heteroatoms. The summed E-state index contributed by atoms with van der Waals surface area (Å²) in [6.07, 6.45) is 3.86. The Morgan fingerprint density at radius 3 is 2.73 bits per heavy atom. The second kappa shape index (κ2) is 8.24. The van der Waals surface area contributed by atoms with Crippen molar-refractivity contribution in [2.24, 2.45) is 0 Å². The van der Waals surface area contributed by atoms with Gasteiger partial charge in [0.15, 0.2) is 18.2 Å². The van der Waals surface area contributed by atoms with Crippen LogP contribution in [0.2, 0.25) is 0 Å². The van der Waals surface area contributed by atoms with E-state index in [1.165, 1.54) is 19.2 Å². The molecule has 152 valence electrons. The predicted molar refractivity (Wildman–Crippen MR) is 112 cm³/mol. The molecule has 0 unspecified atom stereocenters. The van der Waals surface area contributed by atoms with E-state index in [9.17, 15) is 9.18 Å². The number of aryl methyl sites for hydroxylation is 1. The first-order chi connectivity index (χ1) is 14.5. The van der Waals surface area contributed by atoms with E-state index in [1.807, 2.05) is 41.9 Å². The van der Waals surface area contributed by atoms with E-state index >= 15 is 0 Å². The third-order valence-electron chi connectivity index (χ3n) is 4.64. The van der Waals surface area contributed by atoms with Crippen molar-refractivity contribution >= 4 is 17.2 Å². The summed E-state index contributed by atoms with van der Waals surface area (Å²) in [5.41, 5.74) is 4.00. The molecule has 0 spiro atoms. The van der Waals surface area contributed by atoms with Gasteiger partial charge in [-0.15, -0.1) is 0 Å². The van der Waals surface area contributed by atoms with E-state index in [-0.39, 0.29) is 12.4 Å². The van der Waals surface area contributed by atoms with E-state index in [2.05, 4.69) is 10.3 Å². The zero-order valence-corrected chi connectivity index (χ0v) is 16.6. The van der Waals surface area contributed by atoms with E-state index in [0.717, 1.165) is 22.5 Å². The maximum absolute atomic E-state index is 13.7. The first-order valence-electron chi connectivity index (χ1n) is 9.35. The van der Waals surface area contributed by atoms with Crippen LogP contribution in [-0.2, 0) is 4.79 Å². The Hall–Kier alpha value is -3.87. The minimum Gasteiger partial charge on any atom is -0.495 e. The van der Waals surface area contributed by atoms with Gasteiger partial charge in [-0.3, -0.25) is 4.79 Å². The molecule has 4 aromatic rings. The van der Waals surface area contributed by atoms with Crippen LogP contribution < -0.4 is 14.8 Å². The molecule has 0 radical (unpaired) electrons. The highest BCUT2D eigenvalue weighted by Crippen LogP contribution is 2.31. The zero-order chi connectivity index (χ0) is 21.1. The first kappa shape index (κ1) is 19.4. The number of carbonyl (C=O) groups is 1. The second-order valence-electron chi connectivity index (χ2n) is 6.73. The number of pyridine rings is 1. The molecule has 0 saturated heterocycles. The van der Waals surface area contributed by atoms with Gasteiger partial charge in [-0.2, -0.15) is 0 Å². The SMILES string of the molecule is COc1ccc(-c2cn3cccc(C)c3n2)cc1NC(=O)COc1ccccc1F. The summed E-state index contributed by atoms with van der Waals surface area (Å²) < 4.78 is 26.2. The average molecular weight is 405 g/mol. The van der Waals surface area contributed by atoms with Crippen LogP contribution in [-0.4, -0.2) is 29.0 Å². The van der Waals surface area contributed by atoms with Gasteiger partial charge < -0.3 is 19.2 Å². The highest BCUT2D eigenvalue weighted by Gasteiger charge is 2.13. The Morgan fingerprint density at radius 1 is 1.13 bits per heavy atom. The topological polar surface area (TPSA) is 64.9 Å². The van der Waals surface area contributed by atoms with Gasteiger partial charge in [0.2, 0.25) is 0 Å². The van der Waals surface area contributed by atoms with Crippen molar-refractivity contribution in [1.82, 2.24) is 9.38 Å². The third kappa shape index (κ3) is 3.96. The van der Waals surface area contributed by atoms with Crippen molar-refractivity contribution < 1.29 is 18.7 Å². The molecule has 2 aromatic carbocycles. The molecule has 2 aromatic heterocycles. The number of ether oxygens (including phenoxy) is 2. The molecule has 30 heavy (non-hydrogen) atoms. The van der Waals surface area contributed by atoms with Gasteiger partial charge in [0.25, 0.3) is 5.91 Å². The average Bonchev–Trinajstić information content (AvgIpc) is 3.19. The number of carbonyl (C=O) groups excluding carboxylic acids is 1. The monoisotopic (exact) mass is 405 g/mol. The van der Waals surface area contributed by atoms with Gasteiger partial charge in [-0.05, 0) is 48.9 Å². The third-order valence-corrected chi connectivity index (χ3v) is 4.64. The second-order valence-corrected chi connectivity index (χ2v) is 6.73. The van der Waals surface area contributed by atoms with Gasteiger partial charge in [0.1, 0.15) is 11.4 Å². The number of benzene rings is 2. The smallest absolute Gasteiger partial charge is 0.262 e. The number of para-hydroxylation sites is 1. The number of hydrogen-bond donors (Lipinski definition) is 1. The normalized spacial score (nSPS) is 10.8. The molecule has 4 rings (SSSR count). The Morgan fingerprint density at radius 2 is 1.97 bits per heavy atom. The number of methoxy groups -OCH3 is 1. The van der Waals surface area contributed by atoms with Crippen LogP contribution in [0, 0.1) is 12.7 Å². The molecular weight excluding hydrogens is 385 g/mol. The Labute approximate surface area is 172 Å². The van der Waals surface area contributed by atoms with Crippen molar-refractivity contribution in [3.05, 3.63) is 78.4 Å². The summed E-state index contributed by atoms with van der Waals surface area (Å²) in [5, 5.41) is 2.76. The number of nitrogens with zero attached hydrogens (tertiary/aromatic N) is 2. The van der Waals surface area contributed by atoms with Gasteiger partial charge in [0, 0.05) is 18.0 Å². The Balaban J connectivity index is 1.55. The molecule has 0 fully saturated rings. The fourth-order valence-corrected chi connectivity index (χ4v) is 3.15. The van der Waals surface area contributed by atoms with Gasteiger partial charge in [-0.25, -0.2) is 9.37 Å². The number of nitrogens with one attached hydrogen (secondary N) is 1. The molecule has 1 amide bonds. The summed E-state index contributed by atoms with van der Waals surface area (Å²) in [6, 6.07) is 15.3. The molecule has 1 N–H and O–H groups in total. The van der Waals surface area contributed by atoms with E-state index < -0.39 is 11.7 Å². The minimum atomic E-state index is -0.521. The van der Waals surface area contributed by atoms with Crippen LogP contribution in [0.4, 0.5) is 10.1 Å². The Bertz CT molecular complexity index is 1220. The van der Waals surface area contributed by atoms with Crippen LogP contribution in [0.15, 0.2) is 67.0 Å². The summed E-state index contributed by atoms with van der Waals surface area (Å²) in [6.45, 7) is 1.67. The molecule has 0 saturated carbocycles. The largest absolute Gasteiger partial charge is 0.495 e. The standard InChI is InChI=1S/C23H20FN3O3/c1-15-6-5-11-27-13-19(26-23(15)27)16-9-10-21(29-2)18(12-16)25-22(28)14-30-20-8-4-3-7-17(20)24/h3-13H,14H2,1-2H3,(H,25,28). The summed E-state index contributed by atoms with van der Waals surface area (Å²) in [7, 11) is 1.52. The summed E-state index contributed by atoms with van der Waals surface area (Å²) >= 11 is 0. The molecule has 0 aliphatic rings. The zero-order valence-electron chi connectivity index (χ0n) is 16.6. The van der Waals surface area contributed by atoms with Crippen LogP contribution in [0.25, 0.3) is 16.9 Å². The van der Waals surface area contributed by atoms with E-state index in [4.69, 9.17) is 9.47 Å².